The van der Waals surface area contributed by atoms with Gasteiger partial charge in [-0.3, -0.25) is 4.79 Å². The number of hydrogen-bond donors (Lipinski definition) is 2. The smallest absolute Gasteiger partial charge is 0.321 e. The molecule has 0 unspecified atom stereocenters. The fourth-order valence-corrected chi connectivity index (χ4v) is 2.52. The van der Waals surface area contributed by atoms with Crippen LogP contribution < -0.4 is 10.5 Å². The summed E-state index contributed by atoms with van der Waals surface area (Å²) in [6.07, 6.45) is 0. The lowest BCUT2D eigenvalue weighted by atomic mass is 10.2. The molecule has 0 bridgehead atoms. The van der Waals surface area contributed by atoms with E-state index in [1.54, 1.807) is 25.1 Å². The molecule has 0 radical (unpaired) electrons. The van der Waals surface area contributed by atoms with Crippen LogP contribution in [0, 0.1) is 11.8 Å². The zero-order valence-corrected chi connectivity index (χ0v) is 11.9. The fraction of sp³-hybridized carbons (Fsp3) is 0.308. The maximum absolute atomic E-state index is 12.1. The van der Waals surface area contributed by atoms with Crippen molar-refractivity contribution in [1.29, 1.82) is 0 Å². The zero-order chi connectivity index (χ0) is 15.0. The van der Waals surface area contributed by atoms with Gasteiger partial charge in [0, 0.05) is 5.56 Å². The molecule has 20 heavy (non-hydrogen) atoms. The molecule has 0 heterocycles. The van der Waals surface area contributed by atoms with Gasteiger partial charge in [0.1, 0.15) is 6.54 Å². The first-order chi connectivity index (χ1) is 9.51. The molecule has 0 atom stereocenters. The number of benzene rings is 1. The van der Waals surface area contributed by atoms with Gasteiger partial charge in [0.05, 0.1) is 18.0 Å². The van der Waals surface area contributed by atoms with Gasteiger partial charge in [-0.25, -0.2) is 8.42 Å². The highest BCUT2D eigenvalue weighted by atomic mass is 32.2. The molecule has 0 aliphatic heterocycles. The van der Waals surface area contributed by atoms with Crippen molar-refractivity contribution in [3.63, 3.8) is 0 Å². The second-order valence-corrected chi connectivity index (χ2v) is 5.37. The van der Waals surface area contributed by atoms with Gasteiger partial charge < -0.3 is 10.5 Å². The minimum Gasteiger partial charge on any atom is -0.465 e. The second kappa shape index (κ2) is 7.65. The van der Waals surface area contributed by atoms with E-state index < -0.39 is 22.5 Å². The van der Waals surface area contributed by atoms with Crippen LogP contribution in [0.3, 0.4) is 0 Å². The van der Waals surface area contributed by atoms with Crippen LogP contribution in [0.15, 0.2) is 29.2 Å². The van der Waals surface area contributed by atoms with Crippen LogP contribution in [0.5, 0.6) is 0 Å². The molecule has 0 saturated heterocycles. The summed E-state index contributed by atoms with van der Waals surface area (Å²) in [6.45, 7) is 1.54. The Bertz CT molecular complexity index is 629. The highest BCUT2D eigenvalue weighted by Gasteiger charge is 2.18. The lowest BCUT2D eigenvalue weighted by molar-refractivity contribution is -0.141. The number of sulfonamides is 1. The van der Waals surface area contributed by atoms with Crippen LogP contribution in [-0.4, -0.2) is 34.1 Å². The summed E-state index contributed by atoms with van der Waals surface area (Å²) < 4.78 is 31.0. The Labute approximate surface area is 118 Å². The van der Waals surface area contributed by atoms with Crippen molar-refractivity contribution in [2.45, 2.75) is 11.8 Å². The SMILES string of the molecule is CCOC(=O)CNS(=O)(=O)c1ccccc1C#CCN. The van der Waals surface area contributed by atoms with Crippen LogP contribution in [-0.2, 0) is 19.6 Å². The number of nitrogens with one attached hydrogen (secondary N) is 1. The summed E-state index contributed by atoms with van der Waals surface area (Å²) in [5.74, 6) is 4.64. The Balaban J connectivity index is 2.95. The van der Waals surface area contributed by atoms with Crippen molar-refractivity contribution in [3.05, 3.63) is 29.8 Å². The molecule has 1 aromatic carbocycles. The standard InChI is InChI=1S/C13H16N2O4S/c1-2-19-13(16)10-15-20(17,18)12-8-4-3-6-11(12)7-5-9-14/h3-4,6,8,15H,2,9-10,14H2,1H3. The Morgan fingerprint density at radius 2 is 2.10 bits per heavy atom. The first-order valence-corrected chi connectivity index (χ1v) is 7.43. The highest BCUT2D eigenvalue weighted by molar-refractivity contribution is 7.89. The van der Waals surface area contributed by atoms with Crippen molar-refractivity contribution in [2.24, 2.45) is 5.73 Å². The summed E-state index contributed by atoms with van der Waals surface area (Å²) in [4.78, 5) is 11.2. The summed E-state index contributed by atoms with van der Waals surface area (Å²) in [6, 6.07) is 6.23. The Morgan fingerprint density at radius 3 is 2.75 bits per heavy atom. The van der Waals surface area contributed by atoms with E-state index >= 15 is 0 Å². The average molecular weight is 296 g/mol. The Kier molecular flexibility index (Phi) is 6.18. The van der Waals surface area contributed by atoms with Crippen LogP contribution in [0.4, 0.5) is 0 Å². The van der Waals surface area contributed by atoms with E-state index in [2.05, 4.69) is 21.3 Å². The van der Waals surface area contributed by atoms with E-state index in [4.69, 9.17) is 5.73 Å². The van der Waals surface area contributed by atoms with Gasteiger partial charge in [-0.15, -0.1) is 0 Å². The summed E-state index contributed by atoms with van der Waals surface area (Å²) >= 11 is 0. The van der Waals surface area contributed by atoms with Gasteiger partial charge in [-0.05, 0) is 19.1 Å². The normalized spacial score (nSPS) is 10.5. The minimum atomic E-state index is -3.83. The van der Waals surface area contributed by atoms with Gasteiger partial charge >= 0.3 is 5.97 Å². The highest BCUT2D eigenvalue weighted by Crippen LogP contribution is 2.13. The molecule has 1 aromatic rings. The lowest BCUT2D eigenvalue weighted by Gasteiger charge is -2.08. The molecular formula is C13H16N2O4S. The van der Waals surface area contributed by atoms with Crippen LogP contribution in [0.1, 0.15) is 12.5 Å². The van der Waals surface area contributed by atoms with Crippen molar-refractivity contribution in [1.82, 2.24) is 4.72 Å². The van der Waals surface area contributed by atoms with E-state index in [1.807, 2.05) is 0 Å². The molecule has 6 nitrogen and oxygen atoms in total. The quantitative estimate of drug-likeness (QED) is 0.581. The second-order valence-electron chi connectivity index (χ2n) is 3.63. The number of carbonyl (C=O) groups is 1. The number of carbonyl (C=O) groups excluding carboxylic acids is 1. The van der Waals surface area contributed by atoms with Crippen LogP contribution in [0.25, 0.3) is 0 Å². The number of hydrogen-bond acceptors (Lipinski definition) is 5. The third kappa shape index (κ3) is 4.66. The molecule has 0 spiro atoms. The predicted molar refractivity (Wildman–Crippen MR) is 74.2 cm³/mol. The maximum Gasteiger partial charge on any atom is 0.321 e. The third-order valence-electron chi connectivity index (χ3n) is 2.21. The topological polar surface area (TPSA) is 98.5 Å². The average Bonchev–Trinajstić information content (AvgIpc) is 2.44. The molecular weight excluding hydrogens is 280 g/mol. The molecule has 1 rings (SSSR count). The monoisotopic (exact) mass is 296 g/mol. The predicted octanol–water partition coefficient (Wildman–Crippen LogP) is -0.162. The third-order valence-corrected chi connectivity index (χ3v) is 3.67. The van der Waals surface area contributed by atoms with Gasteiger partial charge in [0.15, 0.2) is 0 Å². The molecule has 0 amide bonds. The molecule has 0 aliphatic rings. The minimum absolute atomic E-state index is 0.00486. The van der Waals surface area contributed by atoms with E-state index in [0.29, 0.717) is 5.56 Å². The van der Waals surface area contributed by atoms with E-state index in [0.717, 1.165) is 0 Å². The molecule has 0 aliphatic carbocycles. The van der Waals surface area contributed by atoms with E-state index in [1.165, 1.54) is 6.07 Å². The number of rotatable bonds is 5. The van der Waals surface area contributed by atoms with Crippen molar-refractivity contribution < 1.29 is 17.9 Å². The van der Waals surface area contributed by atoms with Gasteiger partial charge in [-0.2, -0.15) is 4.72 Å². The lowest BCUT2D eigenvalue weighted by Crippen LogP contribution is -2.31. The first-order valence-electron chi connectivity index (χ1n) is 5.94. The fourth-order valence-electron chi connectivity index (χ4n) is 1.39. The number of nitrogens with two attached hydrogens (primary N) is 1. The maximum atomic E-state index is 12.1. The summed E-state index contributed by atoms with van der Waals surface area (Å²) in [5.41, 5.74) is 5.60. The molecule has 0 aromatic heterocycles. The van der Waals surface area contributed by atoms with Gasteiger partial charge in [0.25, 0.3) is 0 Å². The van der Waals surface area contributed by atoms with Crippen molar-refractivity contribution in [3.8, 4) is 11.8 Å². The summed E-state index contributed by atoms with van der Waals surface area (Å²) in [7, 11) is -3.83. The van der Waals surface area contributed by atoms with Crippen molar-refractivity contribution in [2.75, 3.05) is 19.7 Å². The molecule has 0 fully saturated rings. The van der Waals surface area contributed by atoms with Crippen molar-refractivity contribution >= 4 is 16.0 Å². The Hall–Kier alpha value is -1.88. The van der Waals surface area contributed by atoms with E-state index in [-0.39, 0.29) is 18.0 Å². The Morgan fingerprint density at radius 1 is 1.40 bits per heavy atom. The molecule has 0 saturated carbocycles. The largest absolute Gasteiger partial charge is 0.465 e. The van der Waals surface area contributed by atoms with Gasteiger partial charge in [0.2, 0.25) is 10.0 Å². The van der Waals surface area contributed by atoms with Crippen LogP contribution >= 0.6 is 0 Å². The summed E-state index contributed by atoms with van der Waals surface area (Å²) in [5, 5.41) is 0. The zero-order valence-electron chi connectivity index (χ0n) is 11.0. The van der Waals surface area contributed by atoms with E-state index in [9.17, 15) is 13.2 Å². The van der Waals surface area contributed by atoms with Crippen LogP contribution in [0.2, 0.25) is 0 Å². The number of ether oxygens (including phenoxy) is 1. The van der Waals surface area contributed by atoms with Gasteiger partial charge in [-0.1, -0.05) is 24.0 Å². The molecule has 3 N–H and O–H groups in total. The first kappa shape index (κ1) is 16.2. The molecule has 108 valence electrons. The molecule has 7 heteroatoms. The number of esters is 1.